The first-order chi connectivity index (χ1) is 10.8. The fraction of sp³-hybridized carbons (Fsp3) is 0.250. The number of nitrogens with zero attached hydrogens (tertiary/aromatic N) is 2. The number of nitrogens with one attached hydrogen (secondary N) is 1. The second-order valence-electron chi connectivity index (χ2n) is 5.30. The number of aryl methyl sites for hydroxylation is 1. The summed E-state index contributed by atoms with van der Waals surface area (Å²) < 4.78 is 25.4. The molecule has 0 bridgehead atoms. The molecule has 1 atom stereocenters. The molecule has 6 nitrogen and oxygen atoms in total. The molecule has 122 valence electrons. The van der Waals surface area contributed by atoms with Crippen molar-refractivity contribution in [3.05, 3.63) is 54.4 Å². The van der Waals surface area contributed by atoms with Crippen molar-refractivity contribution in [3.8, 4) is 0 Å². The zero-order valence-corrected chi connectivity index (χ0v) is 14.0. The van der Waals surface area contributed by atoms with Gasteiger partial charge in [-0.1, -0.05) is 17.7 Å². The Bertz CT molecular complexity index is 774. The number of benzene rings is 1. The van der Waals surface area contributed by atoms with Gasteiger partial charge in [0.05, 0.1) is 23.8 Å². The van der Waals surface area contributed by atoms with Crippen molar-refractivity contribution in [1.29, 1.82) is 0 Å². The van der Waals surface area contributed by atoms with Gasteiger partial charge in [0.1, 0.15) is 6.04 Å². The summed E-state index contributed by atoms with van der Waals surface area (Å²) in [5.41, 5.74) is 1.98. The molecule has 0 aliphatic heterocycles. The monoisotopic (exact) mass is 333 g/mol. The number of carbonyl (C=O) groups excluding carboxylic acids is 1. The fourth-order valence-electron chi connectivity index (χ4n) is 2.18. The van der Waals surface area contributed by atoms with Crippen molar-refractivity contribution in [2.75, 3.05) is 15.9 Å². The predicted molar refractivity (Wildman–Crippen MR) is 90.8 cm³/mol. The second-order valence-corrected chi connectivity index (χ2v) is 7.16. The van der Waals surface area contributed by atoms with Gasteiger partial charge in [-0.05, 0) is 38.1 Å². The number of pyridine rings is 1. The van der Waals surface area contributed by atoms with E-state index in [1.54, 1.807) is 49.5 Å². The Labute approximate surface area is 136 Å². The summed E-state index contributed by atoms with van der Waals surface area (Å²) in [7, 11) is -3.61. The lowest BCUT2D eigenvalue weighted by molar-refractivity contribution is -0.116. The molecule has 0 aliphatic rings. The largest absolute Gasteiger partial charge is 0.323 e. The van der Waals surface area contributed by atoms with Crippen molar-refractivity contribution in [2.24, 2.45) is 0 Å². The van der Waals surface area contributed by atoms with E-state index < -0.39 is 22.0 Å². The van der Waals surface area contributed by atoms with Crippen molar-refractivity contribution < 1.29 is 13.2 Å². The van der Waals surface area contributed by atoms with E-state index in [2.05, 4.69) is 10.3 Å². The molecule has 23 heavy (non-hydrogen) atoms. The normalized spacial score (nSPS) is 12.5. The molecule has 7 heteroatoms. The third kappa shape index (κ3) is 4.29. The molecule has 0 saturated heterocycles. The lowest BCUT2D eigenvalue weighted by atomic mass is 10.2. The van der Waals surface area contributed by atoms with Crippen LogP contribution in [-0.4, -0.2) is 31.6 Å². The van der Waals surface area contributed by atoms with Crippen LogP contribution >= 0.6 is 0 Å². The van der Waals surface area contributed by atoms with Crippen LogP contribution in [0.15, 0.2) is 48.8 Å². The minimum Gasteiger partial charge on any atom is -0.323 e. The lowest BCUT2D eigenvalue weighted by Crippen LogP contribution is -2.45. The Morgan fingerprint density at radius 1 is 1.22 bits per heavy atom. The van der Waals surface area contributed by atoms with Gasteiger partial charge in [-0.25, -0.2) is 8.42 Å². The Morgan fingerprint density at radius 3 is 2.39 bits per heavy atom. The average molecular weight is 333 g/mol. The third-order valence-electron chi connectivity index (χ3n) is 3.31. The van der Waals surface area contributed by atoms with Crippen LogP contribution in [0.5, 0.6) is 0 Å². The summed E-state index contributed by atoms with van der Waals surface area (Å²) in [6.07, 6.45) is 4.18. The van der Waals surface area contributed by atoms with E-state index in [1.807, 2.05) is 6.92 Å². The summed E-state index contributed by atoms with van der Waals surface area (Å²) in [6.45, 7) is 3.46. The summed E-state index contributed by atoms with van der Waals surface area (Å²) in [5.74, 6) is -0.427. The van der Waals surface area contributed by atoms with E-state index in [0.717, 1.165) is 16.1 Å². The molecule has 1 aromatic heterocycles. The summed E-state index contributed by atoms with van der Waals surface area (Å²) in [5, 5.41) is 2.67. The predicted octanol–water partition coefficient (Wildman–Crippen LogP) is 2.18. The average Bonchev–Trinajstić information content (AvgIpc) is 2.49. The highest BCUT2D eigenvalue weighted by atomic mass is 32.2. The first kappa shape index (κ1) is 17.0. The van der Waals surface area contributed by atoms with Gasteiger partial charge in [0.25, 0.3) is 0 Å². The van der Waals surface area contributed by atoms with Crippen LogP contribution in [-0.2, 0) is 14.8 Å². The van der Waals surface area contributed by atoms with E-state index in [1.165, 1.54) is 6.20 Å². The molecule has 1 amide bonds. The number of hydrogen-bond donors (Lipinski definition) is 1. The molecule has 2 aromatic rings. The van der Waals surface area contributed by atoms with Crippen molar-refractivity contribution in [1.82, 2.24) is 4.98 Å². The van der Waals surface area contributed by atoms with Gasteiger partial charge in [-0.15, -0.1) is 0 Å². The molecule has 0 unspecified atom stereocenters. The second kappa shape index (κ2) is 6.78. The molecule has 0 spiro atoms. The standard InChI is InChI=1S/C16H19N3O3S/c1-12-6-8-15(9-7-12)19(23(3,21)22)13(2)16(20)18-14-5-4-10-17-11-14/h4-11,13H,1-3H3,(H,18,20)/t13-/m0/s1. The Morgan fingerprint density at radius 2 is 1.87 bits per heavy atom. The number of hydrogen-bond acceptors (Lipinski definition) is 4. The molecule has 0 aliphatic carbocycles. The van der Waals surface area contributed by atoms with E-state index in [9.17, 15) is 13.2 Å². The van der Waals surface area contributed by atoms with Crippen molar-refractivity contribution in [3.63, 3.8) is 0 Å². The number of sulfonamides is 1. The molecule has 1 N–H and O–H groups in total. The Hall–Kier alpha value is -2.41. The van der Waals surface area contributed by atoms with E-state index in [0.29, 0.717) is 11.4 Å². The lowest BCUT2D eigenvalue weighted by Gasteiger charge is -2.28. The highest BCUT2D eigenvalue weighted by Crippen LogP contribution is 2.22. The number of carbonyl (C=O) groups is 1. The van der Waals surface area contributed by atoms with Gasteiger partial charge < -0.3 is 5.32 Å². The van der Waals surface area contributed by atoms with Gasteiger partial charge in [0.2, 0.25) is 15.9 Å². The molecule has 2 rings (SSSR count). The molecule has 0 radical (unpaired) electrons. The first-order valence-corrected chi connectivity index (χ1v) is 8.91. The number of amides is 1. The zero-order chi connectivity index (χ0) is 17.0. The van der Waals surface area contributed by atoms with Crippen LogP contribution < -0.4 is 9.62 Å². The quantitative estimate of drug-likeness (QED) is 0.909. The summed E-state index contributed by atoms with van der Waals surface area (Å²) >= 11 is 0. The molecule has 1 heterocycles. The van der Waals surface area contributed by atoms with E-state index in [-0.39, 0.29) is 0 Å². The number of rotatable bonds is 5. The molecular formula is C16H19N3O3S. The Kier molecular flexibility index (Phi) is 5.00. The summed E-state index contributed by atoms with van der Waals surface area (Å²) in [6, 6.07) is 9.46. The maximum Gasteiger partial charge on any atom is 0.248 e. The van der Waals surface area contributed by atoms with Crippen LogP contribution in [0.3, 0.4) is 0 Å². The van der Waals surface area contributed by atoms with Crippen LogP contribution in [0.1, 0.15) is 12.5 Å². The molecular weight excluding hydrogens is 314 g/mol. The highest BCUT2D eigenvalue weighted by Gasteiger charge is 2.29. The van der Waals surface area contributed by atoms with E-state index >= 15 is 0 Å². The van der Waals surface area contributed by atoms with Crippen LogP contribution in [0.2, 0.25) is 0 Å². The van der Waals surface area contributed by atoms with Crippen LogP contribution in [0.4, 0.5) is 11.4 Å². The number of anilines is 2. The summed E-state index contributed by atoms with van der Waals surface area (Å²) in [4.78, 5) is 16.3. The van der Waals surface area contributed by atoms with Gasteiger partial charge in [-0.3, -0.25) is 14.1 Å². The van der Waals surface area contributed by atoms with Crippen LogP contribution in [0.25, 0.3) is 0 Å². The van der Waals surface area contributed by atoms with Crippen molar-refractivity contribution in [2.45, 2.75) is 19.9 Å². The minimum atomic E-state index is -3.61. The third-order valence-corrected chi connectivity index (χ3v) is 4.55. The molecule has 0 fully saturated rings. The topological polar surface area (TPSA) is 79.4 Å². The molecule has 0 saturated carbocycles. The van der Waals surface area contributed by atoms with Crippen molar-refractivity contribution >= 4 is 27.3 Å². The van der Waals surface area contributed by atoms with Crippen LogP contribution in [0, 0.1) is 6.92 Å². The minimum absolute atomic E-state index is 0.427. The highest BCUT2D eigenvalue weighted by molar-refractivity contribution is 7.92. The first-order valence-electron chi connectivity index (χ1n) is 7.06. The zero-order valence-electron chi connectivity index (χ0n) is 13.2. The van der Waals surface area contributed by atoms with Gasteiger partial charge in [-0.2, -0.15) is 0 Å². The van der Waals surface area contributed by atoms with Gasteiger partial charge >= 0.3 is 0 Å². The SMILES string of the molecule is Cc1ccc(N([C@@H](C)C(=O)Nc2cccnc2)S(C)(=O)=O)cc1. The number of aromatic nitrogens is 1. The fourth-order valence-corrected chi connectivity index (χ4v) is 3.36. The Balaban J connectivity index is 2.28. The van der Waals surface area contributed by atoms with Gasteiger partial charge in [0.15, 0.2) is 0 Å². The maximum atomic E-state index is 12.4. The van der Waals surface area contributed by atoms with Gasteiger partial charge in [0, 0.05) is 6.20 Å². The molecule has 1 aromatic carbocycles. The maximum absolute atomic E-state index is 12.4. The van der Waals surface area contributed by atoms with E-state index in [4.69, 9.17) is 0 Å². The smallest absolute Gasteiger partial charge is 0.248 e.